The normalized spacial score (nSPS) is 17.3. The van der Waals surface area contributed by atoms with Crippen LogP contribution in [-0.4, -0.2) is 50.7 Å². The number of hydrogen-bond acceptors (Lipinski definition) is 5. The molecule has 1 aliphatic rings. The van der Waals surface area contributed by atoms with E-state index in [0.29, 0.717) is 12.2 Å². The van der Waals surface area contributed by atoms with Gasteiger partial charge in [0.25, 0.3) is 15.9 Å². The maximum atomic E-state index is 12.2. The Kier molecular flexibility index (Phi) is 3.04. The Morgan fingerprint density at radius 2 is 2.00 bits per heavy atom. The van der Waals surface area contributed by atoms with Gasteiger partial charge in [-0.05, 0) is 32.3 Å². The van der Waals surface area contributed by atoms with Crippen molar-refractivity contribution in [3.05, 3.63) is 23.8 Å². The van der Waals surface area contributed by atoms with Gasteiger partial charge in [0.15, 0.2) is 0 Å². The lowest BCUT2D eigenvalue weighted by Gasteiger charge is -2.17. The van der Waals surface area contributed by atoms with Crippen LogP contribution in [0.5, 0.6) is 0 Å². The van der Waals surface area contributed by atoms with E-state index in [-0.39, 0.29) is 17.0 Å². The number of nitrogen functional groups attached to an aromatic ring is 1. The molecule has 0 aromatic heterocycles. The molecule has 0 saturated carbocycles. The van der Waals surface area contributed by atoms with Crippen LogP contribution in [0.25, 0.3) is 0 Å². The molecule has 0 aliphatic carbocycles. The van der Waals surface area contributed by atoms with E-state index in [9.17, 15) is 13.2 Å². The third-order valence-electron chi connectivity index (χ3n) is 2.78. The highest BCUT2D eigenvalue weighted by atomic mass is 32.2. The molecule has 1 aliphatic heterocycles. The van der Waals surface area contributed by atoms with Gasteiger partial charge < -0.3 is 10.6 Å². The smallest absolute Gasteiger partial charge is 0.269 e. The Bertz CT molecular complexity index is 596. The molecule has 6 nitrogen and oxygen atoms in total. The van der Waals surface area contributed by atoms with Gasteiger partial charge >= 0.3 is 0 Å². The second-order valence-electron chi connectivity index (χ2n) is 4.44. The third-order valence-corrected chi connectivity index (χ3v) is 4.60. The number of amides is 1. The molecule has 1 aromatic carbocycles. The first-order chi connectivity index (χ1) is 8.34. The molecule has 0 atom stereocenters. The summed E-state index contributed by atoms with van der Waals surface area (Å²) < 4.78 is 25.3. The van der Waals surface area contributed by atoms with E-state index >= 15 is 0 Å². The van der Waals surface area contributed by atoms with Crippen molar-refractivity contribution in [3.8, 4) is 0 Å². The highest BCUT2D eigenvalue weighted by molar-refractivity contribution is 7.90. The largest absolute Gasteiger partial charge is 0.399 e. The fourth-order valence-corrected chi connectivity index (χ4v) is 3.40. The van der Waals surface area contributed by atoms with Gasteiger partial charge in [-0.15, -0.1) is 0 Å². The van der Waals surface area contributed by atoms with Gasteiger partial charge in [0.05, 0.1) is 12.1 Å². The molecule has 2 rings (SSSR count). The Hall–Kier alpha value is -1.60. The van der Waals surface area contributed by atoms with E-state index in [0.717, 1.165) is 4.31 Å². The zero-order chi connectivity index (χ0) is 13.5. The molecule has 18 heavy (non-hydrogen) atoms. The number of anilines is 1. The standard InChI is InChI=1S/C11H15N3O3S/c1-13(2)5-6-14-11(15)9-4-3-8(12)7-10(9)18(14,16)17/h3-4,7H,5-6,12H2,1-2H3. The average Bonchev–Trinajstić information content (AvgIpc) is 2.45. The molecular weight excluding hydrogens is 254 g/mol. The lowest BCUT2D eigenvalue weighted by molar-refractivity contribution is 0.0865. The minimum Gasteiger partial charge on any atom is -0.399 e. The van der Waals surface area contributed by atoms with Crippen LogP contribution in [0, 0.1) is 0 Å². The topological polar surface area (TPSA) is 83.7 Å². The Morgan fingerprint density at radius 3 is 2.61 bits per heavy atom. The van der Waals surface area contributed by atoms with Gasteiger partial charge in [-0.3, -0.25) is 4.79 Å². The van der Waals surface area contributed by atoms with Crippen molar-refractivity contribution in [2.24, 2.45) is 0 Å². The van der Waals surface area contributed by atoms with Crippen LogP contribution in [0.4, 0.5) is 5.69 Å². The Morgan fingerprint density at radius 1 is 1.33 bits per heavy atom. The summed E-state index contributed by atoms with van der Waals surface area (Å²) in [5.74, 6) is -0.480. The molecule has 7 heteroatoms. The van der Waals surface area contributed by atoms with Crippen LogP contribution in [0.3, 0.4) is 0 Å². The summed E-state index contributed by atoms with van der Waals surface area (Å²) >= 11 is 0. The van der Waals surface area contributed by atoms with Crippen LogP contribution >= 0.6 is 0 Å². The van der Waals surface area contributed by atoms with Crippen LogP contribution in [0.2, 0.25) is 0 Å². The molecule has 0 spiro atoms. The molecule has 0 fully saturated rings. The van der Waals surface area contributed by atoms with Crippen LogP contribution in [0.1, 0.15) is 10.4 Å². The van der Waals surface area contributed by atoms with E-state index < -0.39 is 15.9 Å². The number of carbonyl (C=O) groups is 1. The first-order valence-electron chi connectivity index (χ1n) is 5.45. The molecule has 98 valence electrons. The van der Waals surface area contributed by atoms with Gasteiger partial charge in [-0.25, -0.2) is 12.7 Å². The zero-order valence-corrected chi connectivity index (χ0v) is 11.1. The van der Waals surface area contributed by atoms with Crippen molar-refractivity contribution in [1.29, 1.82) is 0 Å². The number of sulfonamides is 1. The van der Waals surface area contributed by atoms with E-state index in [1.807, 2.05) is 19.0 Å². The zero-order valence-electron chi connectivity index (χ0n) is 10.3. The quantitative estimate of drug-likeness (QED) is 0.779. The first kappa shape index (κ1) is 12.8. The maximum Gasteiger partial charge on any atom is 0.269 e. The van der Waals surface area contributed by atoms with Crippen LogP contribution in [-0.2, 0) is 10.0 Å². The molecule has 1 heterocycles. The Labute approximate surface area is 106 Å². The minimum atomic E-state index is -3.74. The summed E-state index contributed by atoms with van der Waals surface area (Å²) in [4.78, 5) is 13.8. The number of carbonyl (C=O) groups excluding carboxylic acids is 1. The molecule has 0 saturated heterocycles. The summed E-state index contributed by atoms with van der Waals surface area (Å²) in [6.07, 6.45) is 0. The Balaban J connectivity index is 2.42. The predicted octanol–water partition coefficient (Wildman–Crippen LogP) is -0.0251. The summed E-state index contributed by atoms with van der Waals surface area (Å²) in [5.41, 5.74) is 6.09. The number of hydrogen-bond donors (Lipinski definition) is 1. The maximum absolute atomic E-state index is 12.2. The van der Waals surface area contributed by atoms with Gasteiger partial charge in [0.2, 0.25) is 0 Å². The highest BCUT2D eigenvalue weighted by Crippen LogP contribution is 2.31. The van der Waals surface area contributed by atoms with Gasteiger partial charge in [0, 0.05) is 12.2 Å². The van der Waals surface area contributed by atoms with Crippen molar-refractivity contribution in [2.45, 2.75) is 4.90 Å². The average molecular weight is 269 g/mol. The lowest BCUT2D eigenvalue weighted by Crippen LogP contribution is -2.36. The van der Waals surface area contributed by atoms with Crippen molar-refractivity contribution < 1.29 is 13.2 Å². The van der Waals surface area contributed by atoms with Crippen molar-refractivity contribution in [3.63, 3.8) is 0 Å². The van der Waals surface area contributed by atoms with E-state index in [1.165, 1.54) is 18.2 Å². The molecule has 1 amide bonds. The summed E-state index contributed by atoms with van der Waals surface area (Å²) in [6.45, 7) is 0.622. The molecule has 2 N–H and O–H groups in total. The number of nitrogens with two attached hydrogens (primary N) is 1. The second kappa shape index (κ2) is 4.25. The number of nitrogens with zero attached hydrogens (tertiary/aromatic N) is 2. The second-order valence-corrected chi connectivity index (χ2v) is 6.27. The molecular formula is C11H15N3O3S. The summed E-state index contributed by atoms with van der Waals surface area (Å²) in [7, 11) is -0.101. The van der Waals surface area contributed by atoms with Crippen LogP contribution < -0.4 is 5.73 Å². The molecule has 0 bridgehead atoms. The fraction of sp³-hybridized carbons (Fsp3) is 0.364. The van der Waals surface area contributed by atoms with E-state index in [4.69, 9.17) is 5.73 Å². The predicted molar refractivity (Wildman–Crippen MR) is 67.6 cm³/mol. The van der Waals surface area contributed by atoms with E-state index in [1.54, 1.807) is 0 Å². The van der Waals surface area contributed by atoms with Gasteiger partial charge in [-0.1, -0.05) is 0 Å². The summed E-state index contributed by atoms with van der Waals surface area (Å²) in [5, 5.41) is 0. The highest BCUT2D eigenvalue weighted by Gasteiger charge is 2.40. The third kappa shape index (κ3) is 1.95. The number of likely N-dealkylation sites (N-methyl/N-ethyl adjacent to an activating group) is 1. The number of fused-ring (bicyclic) bond motifs is 1. The van der Waals surface area contributed by atoms with E-state index in [2.05, 4.69) is 0 Å². The first-order valence-corrected chi connectivity index (χ1v) is 6.89. The van der Waals surface area contributed by atoms with Crippen LogP contribution in [0.15, 0.2) is 23.1 Å². The van der Waals surface area contributed by atoms with Crippen molar-refractivity contribution >= 4 is 21.6 Å². The van der Waals surface area contributed by atoms with Gasteiger partial charge in [0.1, 0.15) is 4.90 Å². The van der Waals surface area contributed by atoms with Crippen molar-refractivity contribution in [2.75, 3.05) is 32.9 Å². The van der Waals surface area contributed by atoms with Gasteiger partial charge in [-0.2, -0.15) is 0 Å². The monoisotopic (exact) mass is 269 g/mol. The van der Waals surface area contributed by atoms with Crippen molar-refractivity contribution in [1.82, 2.24) is 9.21 Å². The summed E-state index contributed by atoms with van der Waals surface area (Å²) in [6, 6.07) is 4.32. The fourth-order valence-electron chi connectivity index (χ4n) is 1.80. The minimum absolute atomic E-state index is 0.00579. The molecule has 1 aromatic rings. The lowest BCUT2D eigenvalue weighted by atomic mass is 10.2. The molecule has 0 radical (unpaired) electrons. The number of rotatable bonds is 3. The number of benzene rings is 1. The molecule has 0 unspecified atom stereocenters. The SMILES string of the molecule is CN(C)CCN1C(=O)c2ccc(N)cc2S1(=O)=O.